The zero-order valence-corrected chi connectivity index (χ0v) is 22.4. The van der Waals surface area contributed by atoms with E-state index in [4.69, 9.17) is 4.74 Å². The Morgan fingerprint density at radius 2 is 1.09 bits per heavy atom. The average molecular weight is 485 g/mol. The Kier molecular flexibility index (Phi) is 13.7. The molecule has 4 nitrogen and oxygen atoms in total. The van der Waals surface area contributed by atoms with Crippen molar-refractivity contribution in [3.05, 3.63) is 41.0 Å². The molecule has 2 aromatic rings. The first kappa shape index (κ1) is 29.0. The fraction of sp³-hybridized carbons (Fsp3) is 0.613. The summed E-state index contributed by atoms with van der Waals surface area (Å²) in [5, 5.41) is 30.8. The van der Waals surface area contributed by atoms with E-state index in [-0.39, 0.29) is 18.1 Å². The minimum Gasteiger partial charge on any atom is -0.507 e. The van der Waals surface area contributed by atoms with Crippen molar-refractivity contribution in [3.63, 3.8) is 0 Å². The Bertz CT molecular complexity index is 858. The van der Waals surface area contributed by atoms with Gasteiger partial charge >= 0.3 is 0 Å². The highest BCUT2D eigenvalue weighted by atomic mass is 16.5. The Morgan fingerprint density at radius 1 is 0.629 bits per heavy atom. The van der Waals surface area contributed by atoms with Gasteiger partial charge in [-0.25, -0.2) is 0 Å². The first-order chi connectivity index (χ1) is 17.0. The van der Waals surface area contributed by atoms with Crippen LogP contribution in [0, 0.1) is 13.8 Å². The molecule has 0 spiro atoms. The summed E-state index contributed by atoms with van der Waals surface area (Å²) in [6.45, 7) is 6.14. The van der Waals surface area contributed by atoms with E-state index in [0.717, 1.165) is 17.7 Å². The summed E-state index contributed by atoms with van der Waals surface area (Å²) in [7, 11) is 0. The molecule has 0 unspecified atom stereocenters. The number of benzene rings is 2. The monoisotopic (exact) mass is 484 g/mol. The number of unbranched alkanes of at least 4 members (excludes halogenated alkanes) is 13. The van der Waals surface area contributed by atoms with Gasteiger partial charge in [-0.2, -0.15) is 0 Å². The maximum Gasteiger partial charge on any atom is 0.127 e. The highest BCUT2D eigenvalue weighted by Crippen LogP contribution is 2.43. The molecule has 0 heterocycles. The molecular formula is C31H48O4. The van der Waals surface area contributed by atoms with Crippen molar-refractivity contribution in [3.8, 4) is 28.4 Å². The lowest BCUT2D eigenvalue weighted by molar-refractivity contribution is 0.275. The van der Waals surface area contributed by atoms with Crippen LogP contribution in [0.4, 0.5) is 0 Å². The van der Waals surface area contributed by atoms with Gasteiger partial charge in [0.1, 0.15) is 17.2 Å². The summed E-state index contributed by atoms with van der Waals surface area (Å²) in [4.78, 5) is 0. The van der Waals surface area contributed by atoms with Crippen molar-refractivity contribution < 1.29 is 20.1 Å². The highest BCUT2D eigenvalue weighted by molar-refractivity contribution is 5.79. The van der Waals surface area contributed by atoms with Crippen LogP contribution in [-0.4, -0.2) is 21.9 Å². The normalized spacial score (nSPS) is 11.2. The molecule has 0 saturated carbocycles. The molecule has 0 amide bonds. The van der Waals surface area contributed by atoms with E-state index in [0.29, 0.717) is 28.9 Å². The third-order valence-electron chi connectivity index (χ3n) is 7.17. The molecule has 0 aliphatic heterocycles. The topological polar surface area (TPSA) is 69.9 Å². The predicted molar refractivity (Wildman–Crippen MR) is 146 cm³/mol. The van der Waals surface area contributed by atoms with Crippen LogP contribution in [0.3, 0.4) is 0 Å². The number of phenols is 2. The first-order valence-electron chi connectivity index (χ1n) is 13.9. The molecule has 0 radical (unpaired) electrons. The van der Waals surface area contributed by atoms with Crippen LogP contribution < -0.4 is 4.74 Å². The van der Waals surface area contributed by atoms with Crippen molar-refractivity contribution in [1.82, 2.24) is 0 Å². The lowest BCUT2D eigenvalue weighted by Gasteiger charge is -2.17. The van der Waals surface area contributed by atoms with Gasteiger partial charge in [-0.3, -0.25) is 0 Å². The van der Waals surface area contributed by atoms with Crippen molar-refractivity contribution in [2.45, 2.75) is 117 Å². The Hall–Kier alpha value is -2.20. The molecule has 0 saturated heterocycles. The van der Waals surface area contributed by atoms with E-state index in [9.17, 15) is 15.3 Å². The van der Waals surface area contributed by atoms with Crippen molar-refractivity contribution in [2.75, 3.05) is 6.61 Å². The van der Waals surface area contributed by atoms with Gasteiger partial charge in [-0.15, -0.1) is 0 Å². The van der Waals surface area contributed by atoms with Crippen LogP contribution in [0.1, 0.15) is 114 Å². The summed E-state index contributed by atoms with van der Waals surface area (Å²) < 4.78 is 5.90. The third kappa shape index (κ3) is 9.40. The van der Waals surface area contributed by atoms with E-state index in [1.54, 1.807) is 13.8 Å². The standard InChI is InChI=1S/C31H48O4/c1-4-5-6-7-8-9-10-11-12-13-14-15-16-17-22-35-27-20-18-26(19-21-27)29-28(23-32)30(33)24(2)25(3)31(29)34/h18-21,32-34H,4-17,22-23H2,1-3H3. The van der Waals surface area contributed by atoms with E-state index < -0.39 is 0 Å². The van der Waals surface area contributed by atoms with E-state index in [1.807, 2.05) is 24.3 Å². The second-order valence-electron chi connectivity index (χ2n) is 9.93. The molecule has 0 bridgehead atoms. The predicted octanol–water partition coefficient (Wildman–Crippen LogP) is 8.73. The smallest absolute Gasteiger partial charge is 0.127 e. The number of hydrogen-bond donors (Lipinski definition) is 3. The number of hydrogen-bond acceptors (Lipinski definition) is 4. The van der Waals surface area contributed by atoms with Crippen LogP contribution in [0.25, 0.3) is 11.1 Å². The molecule has 0 aliphatic carbocycles. The van der Waals surface area contributed by atoms with Crippen molar-refractivity contribution in [2.24, 2.45) is 0 Å². The lowest BCUT2D eigenvalue weighted by atomic mass is 9.92. The van der Waals surface area contributed by atoms with Crippen LogP contribution >= 0.6 is 0 Å². The number of rotatable bonds is 18. The molecule has 2 aromatic carbocycles. The zero-order chi connectivity index (χ0) is 25.5. The molecule has 2 rings (SSSR count). The van der Waals surface area contributed by atoms with Gasteiger partial charge in [-0.05, 0) is 49.1 Å². The number of aliphatic hydroxyl groups is 1. The third-order valence-corrected chi connectivity index (χ3v) is 7.17. The molecule has 196 valence electrons. The number of ether oxygens (including phenoxy) is 1. The highest BCUT2D eigenvalue weighted by Gasteiger charge is 2.20. The largest absolute Gasteiger partial charge is 0.507 e. The molecule has 3 N–H and O–H groups in total. The molecule has 0 atom stereocenters. The van der Waals surface area contributed by atoms with Crippen molar-refractivity contribution in [1.29, 1.82) is 0 Å². The average Bonchev–Trinajstić information content (AvgIpc) is 2.87. The minimum atomic E-state index is -0.340. The lowest BCUT2D eigenvalue weighted by Crippen LogP contribution is -1.98. The van der Waals surface area contributed by atoms with Gasteiger partial charge < -0.3 is 20.1 Å². The Morgan fingerprint density at radius 3 is 1.57 bits per heavy atom. The fourth-order valence-corrected chi connectivity index (χ4v) is 4.70. The van der Waals surface area contributed by atoms with Gasteiger partial charge in [-0.1, -0.05) is 103 Å². The Balaban J connectivity index is 1.62. The molecule has 0 aliphatic rings. The van der Waals surface area contributed by atoms with E-state index in [1.165, 1.54) is 83.5 Å². The van der Waals surface area contributed by atoms with Crippen LogP contribution in [-0.2, 0) is 6.61 Å². The maximum atomic E-state index is 10.6. The minimum absolute atomic E-state index is 0.0379. The number of phenolic OH excluding ortho intramolecular Hbond substituents is 1. The molecular weight excluding hydrogens is 436 g/mol. The number of aliphatic hydroxyl groups excluding tert-OH is 1. The van der Waals surface area contributed by atoms with Crippen molar-refractivity contribution >= 4 is 0 Å². The molecule has 0 aromatic heterocycles. The summed E-state index contributed by atoms with van der Waals surface area (Å²) >= 11 is 0. The van der Waals surface area contributed by atoms with Gasteiger partial charge in [0, 0.05) is 11.1 Å². The summed E-state index contributed by atoms with van der Waals surface area (Å²) in [6, 6.07) is 7.49. The number of aromatic hydroxyl groups is 2. The quantitative estimate of drug-likeness (QED) is 0.146. The molecule has 35 heavy (non-hydrogen) atoms. The Labute approximate surface area is 213 Å². The van der Waals surface area contributed by atoms with E-state index >= 15 is 0 Å². The van der Waals surface area contributed by atoms with Crippen LogP contribution in [0.2, 0.25) is 0 Å². The van der Waals surface area contributed by atoms with Gasteiger partial charge in [0.15, 0.2) is 0 Å². The summed E-state index contributed by atoms with van der Waals surface area (Å²) in [6.07, 6.45) is 18.8. The zero-order valence-electron chi connectivity index (χ0n) is 22.4. The summed E-state index contributed by atoms with van der Waals surface area (Å²) in [5.41, 5.74) is 2.78. The SMILES string of the molecule is CCCCCCCCCCCCCCCCOc1ccc(-c2c(O)c(C)c(C)c(O)c2CO)cc1. The second kappa shape index (κ2) is 16.5. The van der Waals surface area contributed by atoms with Crippen LogP contribution in [0.5, 0.6) is 17.2 Å². The van der Waals surface area contributed by atoms with Gasteiger partial charge in [0.25, 0.3) is 0 Å². The van der Waals surface area contributed by atoms with Crippen LogP contribution in [0.15, 0.2) is 24.3 Å². The summed E-state index contributed by atoms with van der Waals surface area (Å²) in [5.74, 6) is 0.929. The van der Waals surface area contributed by atoms with E-state index in [2.05, 4.69) is 6.92 Å². The second-order valence-corrected chi connectivity index (χ2v) is 9.93. The molecule has 4 heteroatoms. The fourth-order valence-electron chi connectivity index (χ4n) is 4.70. The van der Waals surface area contributed by atoms with Gasteiger partial charge in [0.2, 0.25) is 0 Å². The maximum absolute atomic E-state index is 10.6. The van der Waals surface area contributed by atoms with Gasteiger partial charge in [0.05, 0.1) is 13.2 Å². The molecule has 0 fully saturated rings. The first-order valence-corrected chi connectivity index (χ1v) is 13.9.